The molecule has 0 aliphatic carbocycles. The molecule has 0 saturated carbocycles. The molecule has 1 unspecified atom stereocenters. The summed E-state index contributed by atoms with van der Waals surface area (Å²) >= 11 is 1.74. The zero-order valence-electron chi connectivity index (χ0n) is 12.6. The number of carbonyl (C=O) groups is 1. The van der Waals surface area contributed by atoms with Crippen molar-refractivity contribution in [3.63, 3.8) is 0 Å². The molecule has 1 aromatic heterocycles. The van der Waals surface area contributed by atoms with Crippen LogP contribution in [-0.4, -0.2) is 29.1 Å². The molecular weight excluding hydrogens is 258 g/mol. The van der Waals surface area contributed by atoms with Crippen molar-refractivity contribution >= 4 is 17.3 Å². The largest absolute Gasteiger partial charge is 0.481 e. The van der Waals surface area contributed by atoms with Crippen LogP contribution in [0.2, 0.25) is 0 Å². The number of hydrogen-bond acceptors (Lipinski definition) is 3. The number of carboxylic acids is 1. The lowest BCUT2D eigenvalue weighted by atomic mass is 9.95. The lowest BCUT2D eigenvalue weighted by Gasteiger charge is -2.27. The van der Waals surface area contributed by atoms with E-state index in [0.717, 1.165) is 18.0 Å². The molecule has 3 nitrogen and oxygen atoms in total. The maximum atomic E-state index is 11.1. The summed E-state index contributed by atoms with van der Waals surface area (Å²) < 4.78 is 0. The fourth-order valence-electron chi connectivity index (χ4n) is 2.17. The molecule has 0 fully saturated rings. The van der Waals surface area contributed by atoms with Gasteiger partial charge in [0.05, 0.1) is 12.5 Å². The van der Waals surface area contributed by atoms with E-state index in [-0.39, 0.29) is 17.9 Å². The fourth-order valence-corrected chi connectivity index (χ4v) is 3.38. The highest BCUT2D eigenvalue weighted by molar-refractivity contribution is 7.12. The van der Waals surface area contributed by atoms with Gasteiger partial charge in [0.15, 0.2) is 0 Å². The summed E-state index contributed by atoms with van der Waals surface area (Å²) in [6.45, 7) is 12.5. The maximum absolute atomic E-state index is 11.1. The first-order valence-corrected chi connectivity index (χ1v) is 7.67. The number of rotatable bonds is 6. The van der Waals surface area contributed by atoms with E-state index in [4.69, 9.17) is 5.11 Å². The normalized spacial score (nSPS) is 13.8. The smallest absolute Gasteiger partial charge is 0.305 e. The van der Waals surface area contributed by atoms with Gasteiger partial charge in [-0.2, -0.15) is 0 Å². The van der Waals surface area contributed by atoms with Crippen LogP contribution in [0.3, 0.4) is 0 Å². The van der Waals surface area contributed by atoms with Crippen LogP contribution in [0, 0.1) is 0 Å². The molecule has 0 saturated heterocycles. The summed E-state index contributed by atoms with van der Waals surface area (Å²) in [6.07, 6.45) is 0.172. The molecule has 1 rings (SSSR count). The SMILES string of the molecule is CCN(CC)C(CC(=O)O)c1ccc(C(C)(C)C)s1. The Kier molecular flexibility index (Phi) is 5.56. The second kappa shape index (κ2) is 6.53. The molecule has 1 heterocycles. The molecule has 0 spiro atoms. The van der Waals surface area contributed by atoms with Crippen LogP contribution in [-0.2, 0) is 10.2 Å². The van der Waals surface area contributed by atoms with Crippen LogP contribution < -0.4 is 0 Å². The Morgan fingerprint density at radius 1 is 1.32 bits per heavy atom. The van der Waals surface area contributed by atoms with Crippen LogP contribution in [0.1, 0.15) is 56.8 Å². The van der Waals surface area contributed by atoms with Crippen molar-refractivity contribution in [1.82, 2.24) is 4.90 Å². The average Bonchev–Trinajstić information content (AvgIpc) is 2.77. The predicted octanol–water partition coefficient (Wildman–Crippen LogP) is 3.90. The van der Waals surface area contributed by atoms with Gasteiger partial charge in [-0.15, -0.1) is 11.3 Å². The zero-order chi connectivity index (χ0) is 14.6. The highest BCUT2D eigenvalue weighted by Crippen LogP contribution is 2.35. The Bertz CT molecular complexity index is 416. The number of nitrogens with zero attached hydrogens (tertiary/aromatic N) is 1. The minimum Gasteiger partial charge on any atom is -0.481 e. The molecule has 0 amide bonds. The second-order valence-electron chi connectivity index (χ2n) is 5.79. The average molecular weight is 283 g/mol. The van der Waals surface area contributed by atoms with E-state index in [1.807, 2.05) is 0 Å². The van der Waals surface area contributed by atoms with Gasteiger partial charge in [0, 0.05) is 9.75 Å². The van der Waals surface area contributed by atoms with Gasteiger partial charge in [0.1, 0.15) is 0 Å². The summed E-state index contributed by atoms with van der Waals surface area (Å²) in [5.41, 5.74) is 0.125. The van der Waals surface area contributed by atoms with Gasteiger partial charge in [-0.25, -0.2) is 0 Å². The van der Waals surface area contributed by atoms with E-state index in [0.29, 0.717) is 0 Å². The van der Waals surface area contributed by atoms with Gasteiger partial charge in [0.2, 0.25) is 0 Å². The van der Waals surface area contributed by atoms with Crippen LogP contribution in [0.5, 0.6) is 0 Å². The van der Waals surface area contributed by atoms with E-state index >= 15 is 0 Å². The van der Waals surface area contributed by atoms with Crippen molar-refractivity contribution in [3.8, 4) is 0 Å². The van der Waals surface area contributed by atoms with Gasteiger partial charge < -0.3 is 5.11 Å². The Morgan fingerprint density at radius 2 is 1.89 bits per heavy atom. The summed E-state index contributed by atoms with van der Waals surface area (Å²) in [4.78, 5) is 15.8. The van der Waals surface area contributed by atoms with E-state index in [2.05, 4.69) is 51.7 Å². The van der Waals surface area contributed by atoms with E-state index in [9.17, 15) is 4.79 Å². The molecule has 0 aromatic carbocycles. The maximum Gasteiger partial charge on any atom is 0.305 e. The van der Waals surface area contributed by atoms with Gasteiger partial charge in [-0.05, 0) is 30.6 Å². The van der Waals surface area contributed by atoms with Crippen LogP contribution in [0.15, 0.2) is 12.1 Å². The third-order valence-corrected chi connectivity index (χ3v) is 4.93. The first-order valence-electron chi connectivity index (χ1n) is 6.85. The standard InChI is InChI=1S/C15H25NO2S/c1-6-16(7-2)11(10-14(17)18)12-8-9-13(19-12)15(3,4)5/h8-9,11H,6-7,10H2,1-5H3,(H,17,18). The lowest BCUT2D eigenvalue weighted by Crippen LogP contribution is -2.29. The van der Waals surface area contributed by atoms with Gasteiger partial charge in [-0.3, -0.25) is 9.69 Å². The van der Waals surface area contributed by atoms with Crippen molar-refractivity contribution in [2.75, 3.05) is 13.1 Å². The zero-order valence-corrected chi connectivity index (χ0v) is 13.4. The Morgan fingerprint density at radius 3 is 2.26 bits per heavy atom. The molecule has 0 aliphatic heterocycles. The molecule has 19 heavy (non-hydrogen) atoms. The molecule has 1 atom stereocenters. The second-order valence-corrected chi connectivity index (χ2v) is 6.90. The third-order valence-electron chi connectivity index (χ3n) is 3.32. The topological polar surface area (TPSA) is 40.5 Å². The lowest BCUT2D eigenvalue weighted by molar-refractivity contribution is -0.138. The van der Waals surface area contributed by atoms with E-state index < -0.39 is 5.97 Å². The quantitative estimate of drug-likeness (QED) is 0.860. The Balaban J connectivity index is 3.03. The van der Waals surface area contributed by atoms with Crippen molar-refractivity contribution in [2.24, 2.45) is 0 Å². The van der Waals surface area contributed by atoms with Crippen LogP contribution >= 0.6 is 11.3 Å². The third kappa shape index (κ3) is 4.32. The van der Waals surface area contributed by atoms with Gasteiger partial charge >= 0.3 is 5.97 Å². The summed E-state index contributed by atoms with van der Waals surface area (Å²) in [5.74, 6) is -0.734. The number of thiophene rings is 1. The number of hydrogen-bond donors (Lipinski definition) is 1. The van der Waals surface area contributed by atoms with Crippen molar-refractivity contribution in [3.05, 3.63) is 21.9 Å². The molecule has 0 bridgehead atoms. The van der Waals surface area contributed by atoms with E-state index in [1.54, 1.807) is 11.3 Å². The number of carboxylic acid groups (broad SMARTS) is 1. The van der Waals surface area contributed by atoms with E-state index in [1.165, 1.54) is 4.88 Å². The first-order chi connectivity index (χ1) is 8.79. The van der Waals surface area contributed by atoms with Gasteiger partial charge in [0.25, 0.3) is 0 Å². The minimum atomic E-state index is -0.734. The first kappa shape index (κ1) is 16.2. The summed E-state index contributed by atoms with van der Waals surface area (Å²) in [6, 6.07) is 4.23. The molecule has 4 heteroatoms. The molecule has 1 N–H and O–H groups in total. The van der Waals surface area contributed by atoms with Crippen molar-refractivity contribution < 1.29 is 9.90 Å². The van der Waals surface area contributed by atoms with Gasteiger partial charge in [-0.1, -0.05) is 34.6 Å². The van der Waals surface area contributed by atoms with Crippen molar-refractivity contribution in [2.45, 2.75) is 52.5 Å². The molecule has 1 aromatic rings. The predicted molar refractivity (Wildman–Crippen MR) is 80.9 cm³/mol. The van der Waals surface area contributed by atoms with Crippen molar-refractivity contribution in [1.29, 1.82) is 0 Å². The monoisotopic (exact) mass is 283 g/mol. The van der Waals surface area contributed by atoms with Crippen LogP contribution in [0.25, 0.3) is 0 Å². The highest BCUT2D eigenvalue weighted by Gasteiger charge is 2.24. The summed E-state index contributed by atoms with van der Waals surface area (Å²) in [5, 5.41) is 9.13. The minimum absolute atomic E-state index is 0.00593. The van der Waals surface area contributed by atoms with Crippen LogP contribution in [0.4, 0.5) is 0 Å². The molecule has 0 radical (unpaired) electrons. The fraction of sp³-hybridized carbons (Fsp3) is 0.667. The molecule has 0 aliphatic rings. The molecule has 108 valence electrons. The highest BCUT2D eigenvalue weighted by atomic mass is 32.1. The Hall–Kier alpha value is -0.870. The number of aliphatic carboxylic acids is 1. The molecular formula is C15H25NO2S. The summed E-state index contributed by atoms with van der Waals surface area (Å²) in [7, 11) is 0. The Labute approximate surface area is 120 Å².